The molecule has 80 valence electrons. The van der Waals surface area contributed by atoms with Crippen LogP contribution in [0.2, 0.25) is 0 Å². The average Bonchev–Trinajstić information content (AvgIpc) is 2.71. The summed E-state index contributed by atoms with van der Waals surface area (Å²) in [4.78, 5) is 0. The van der Waals surface area contributed by atoms with Crippen molar-refractivity contribution in [3.63, 3.8) is 0 Å². The molecule has 0 bridgehead atoms. The zero-order valence-electron chi connectivity index (χ0n) is 8.81. The third kappa shape index (κ3) is 1.86. The van der Waals surface area contributed by atoms with Gasteiger partial charge in [-0.25, -0.2) is 4.68 Å². The second-order valence-electron chi connectivity index (χ2n) is 3.36. The lowest BCUT2D eigenvalue weighted by atomic mass is 10.2. The van der Waals surface area contributed by atoms with E-state index in [-0.39, 0.29) is 0 Å². The Balaban J connectivity index is 2.57. The summed E-state index contributed by atoms with van der Waals surface area (Å²) in [5.41, 5.74) is 2.55. The molecule has 1 aromatic carbocycles. The summed E-state index contributed by atoms with van der Waals surface area (Å²) in [5.74, 6) is 0. The third-order valence-corrected chi connectivity index (χ3v) is 2.87. The predicted octanol–water partition coefficient (Wildman–Crippen LogP) is 3.07. The van der Waals surface area contributed by atoms with Crippen LogP contribution in [0.15, 0.2) is 34.9 Å². The number of halogens is 1. The van der Waals surface area contributed by atoms with Gasteiger partial charge in [-0.2, -0.15) is 10.4 Å². The van der Waals surface area contributed by atoms with Gasteiger partial charge in [0.15, 0.2) is 0 Å². The molecule has 0 radical (unpaired) electrons. The first-order valence-corrected chi connectivity index (χ1v) is 5.78. The van der Waals surface area contributed by atoms with Crippen molar-refractivity contribution >= 4 is 15.9 Å². The fourth-order valence-electron chi connectivity index (χ4n) is 1.64. The number of nitrogens with zero attached hydrogens (tertiary/aromatic N) is 3. The molecule has 0 aliphatic heterocycles. The van der Waals surface area contributed by atoms with Gasteiger partial charge in [-0.05, 0) is 24.6 Å². The Bertz CT molecular complexity index is 552. The van der Waals surface area contributed by atoms with Crippen molar-refractivity contribution in [3.05, 3.63) is 46.2 Å². The zero-order valence-corrected chi connectivity index (χ0v) is 10.4. The minimum Gasteiger partial charge on any atom is -0.236 e. The van der Waals surface area contributed by atoms with Crippen molar-refractivity contribution in [3.8, 4) is 11.8 Å². The Labute approximate surface area is 102 Å². The molecule has 16 heavy (non-hydrogen) atoms. The molecule has 3 nitrogen and oxygen atoms in total. The van der Waals surface area contributed by atoms with Gasteiger partial charge in [0.05, 0.1) is 23.1 Å². The Hall–Kier alpha value is -1.60. The van der Waals surface area contributed by atoms with Crippen LogP contribution < -0.4 is 0 Å². The SMILES string of the molecule is CCc1c(C#N)cnn1-c1cccc(Br)c1. The first-order valence-electron chi connectivity index (χ1n) is 4.99. The summed E-state index contributed by atoms with van der Waals surface area (Å²) in [5, 5.41) is 13.2. The molecule has 1 heterocycles. The molecular formula is C12H10BrN3. The van der Waals surface area contributed by atoms with Crippen molar-refractivity contribution in [1.82, 2.24) is 9.78 Å². The standard InChI is InChI=1S/C12H10BrN3/c1-2-12-9(7-14)8-15-16(12)11-5-3-4-10(13)6-11/h3-6,8H,2H2,1H3. The van der Waals surface area contributed by atoms with E-state index in [4.69, 9.17) is 5.26 Å². The van der Waals surface area contributed by atoms with Crippen LogP contribution in [0.1, 0.15) is 18.2 Å². The van der Waals surface area contributed by atoms with Gasteiger partial charge >= 0.3 is 0 Å². The van der Waals surface area contributed by atoms with Gasteiger partial charge < -0.3 is 0 Å². The predicted molar refractivity (Wildman–Crippen MR) is 65.4 cm³/mol. The highest BCUT2D eigenvalue weighted by atomic mass is 79.9. The summed E-state index contributed by atoms with van der Waals surface area (Å²) in [7, 11) is 0. The third-order valence-electron chi connectivity index (χ3n) is 2.38. The molecule has 4 heteroatoms. The number of rotatable bonds is 2. The Morgan fingerprint density at radius 3 is 2.94 bits per heavy atom. The van der Waals surface area contributed by atoms with Crippen LogP contribution in [0.5, 0.6) is 0 Å². The maximum absolute atomic E-state index is 8.95. The Kier molecular flexibility index (Phi) is 3.07. The van der Waals surface area contributed by atoms with Crippen LogP contribution in [0, 0.1) is 11.3 Å². The van der Waals surface area contributed by atoms with E-state index < -0.39 is 0 Å². The van der Waals surface area contributed by atoms with Gasteiger partial charge in [0.2, 0.25) is 0 Å². The fourth-order valence-corrected chi connectivity index (χ4v) is 2.02. The van der Waals surface area contributed by atoms with Gasteiger partial charge in [-0.1, -0.05) is 28.9 Å². The van der Waals surface area contributed by atoms with E-state index in [0.717, 1.165) is 22.3 Å². The number of hydrogen-bond acceptors (Lipinski definition) is 2. The quantitative estimate of drug-likeness (QED) is 0.845. The molecule has 0 atom stereocenters. The summed E-state index contributed by atoms with van der Waals surface area (Å²) in [6.45, 7) is 2.02. The summed E-state index contributed by atoms with van der Waals surface area (Å²) in [6, 6.07) is 10.0. The molecule has 0 saturated heterocycles. The number of nitriles is 1. The lowest BCUT2D eigenvalue weighted by molar-refractivity contribution is 0.812. The second kappa shape index (κ2) is 4.50. The van der Waals surface area contributed by atoms with Crippen LogP contribution in [0.3, 0.4) is 0 Å². The number of benzene rings is 1. The van der Waals surface area contributed by atoms with Crippen LogP contribution in [-0.4, -0.2) is 9.78 Å². The van der Waals surface area contributed by atoms with E-state index in [1.54, 1.807) is 6.20 Å². The molecule has 0 unspecified atom stereocenters. The Morgan fingerprint density at radius 2 is 2.31 bits per heavy atom. The molecule has 2 rings (SSSR count). The lowest BCUT2D eigenvalue weighted by Gasteiger charge is -2.06. The highest BCUT2D eigenvalue weighted by Gasteiger charge is 2.09. The summed E-state index contributed by atoms with van der Waals surface area (Å²) in [6.07, 6.45) is 2.40. The van der Waals surface area contributed by atoms with Gasteiger partial charge in [-0.15, -0.1) is 0 Å². The van der Waals surface area contributed by atoms with Crippen LogP contribution in [0.4, 0.5) is 0 Å². The van der Waals surface area contributed by atoms with E-state index in [0.29, 0.717) is 5.56 Å². The van der Waals surface area contributed by atoms with Gasteiger partial charge in [0, 0.05) is 4.47 Å². The highest BCUT2D eigenvalue weighted by molar-refractivity contribution is 9.10. The first-order chi connectivity index (χ1) is 7.76. The topological polar surface area (TPSA) is 41.6 Å². The van der Waals surface area contributed by atoms with E-state index in [1.165, 1.54) is 0 Å². The van der Waals surface area contributed by atoms with E-state index in [2.05, 4.69) is 27.1 Å². The maximum atomic E-state index is 8.95. The highest BCUT2D eigenvalue weighted by Crippen LogP contribution is 2.18. The second-order valence-corrected chi connectivity index (χ2v) is 4.28. The van der Waals surface area contributed by atoms with E-state index in [9.17, 15) is 0 Å². The molecule has 0 N–H and O–H groups in total. The molecule has 0 aliphatic rings. The average molecular weight is 276 g/mol. The van der Waals surface area contributed by atoms with E-state index >= 15 is 0 Å². The van der Waals surface area contributed by atoms with Crippen molar-refractivity contribution < 1.29 is 0 Å². The van der Waals surface area contributed by atoms with Gasteiger partial charge in [-0.3, -0.25) is 0 Å². The molecule has 0 saturated carbocycles. The first kappa shape index (κ1) is 10.9. The molecular weight excluding hydrogens is 266 g/mol. The maximum Gasteiger partial charge on any atom is 0.103 e. The van der Waals surface area contributed by atoms with E-state index in [1.807, 2.05) is 35.9 Å². The molecule has 0 amide bonds. The van der Waals surface area contributed by atoms with Crippen LogP contribution >= 0.6 is 15.9 Å². The molecule has 0 aliphatic carbocycles. The minimum absolute atomic E-state index is 0.641. The zero-order chi connectivity index (χ0) is 11.5. The molecule has 0 spiro atoms. The van der Waals surface area contributed by atoms with Crippen molar-refractivity contribution in [1.29, 1.82) is 5.26 Å². The van der Waals surface area contributed by atoms with Crippen molar-refractivity contribution in [2.45, 2.75) is 13.3 Å². The summed E-state index contributed by atoms with van der Waals surface area (Å²) < 4.78 is 2.81. The normalized spacial score (nSPS) is 10.1. The summed E-state index contributed by atoms with van der Waals surface area (Å²) >= 11 is 3.42. The van der Waals surface area contributed by atoms with Crippen molar-refractivity contribution in [2.75, 3.05) is 0 Å². The molecule has 1 aromatic heterocycles. The van der Waals surface area contributed by atoms with Crippen LogP contribution in [-0.2, 0) is 6.42 Å². The largest absolute Gasteiger partial charge is 0.236 e. The van der Waals surface area contributed by atoms with Gasteiger partial charge in [0.1, 0.15) is 6.07 Å². The smallest absolute Gasteiger partial charge is 0.103 e. The Morgan fingerprint density at radius 1 is 1.50 bits per heavy atom. The minimum atomic E-state index is 0.641. The lowest BCUT2D eigenvalue weighted by Crippen LogP contribution is -2.01. The number of hydrogen-bond donors (Lipinski definition) is 0. The van der Waals surface area contributed by atoms with Crippen molar-refractivity contribution in [2.24, 2.45) is 0 Å². The van der Waals surface area contributed by atoms with Gasteiger partial charge in [0.25, 0.3) is 0 Å². The molecule has 0 fully saturated rings. The molecule has 2 aromatic rings. The monoisotopic (exact) mass is 275 g/mol. The fraction of sp³-hybridized carbons (Fsp3) is 0.167. The van der Waals surface area contributed by atoms with Crippen LogP contribution in [0.25, 0.3) is 5.69 Å². The number of aromatic nitrogens is 2.